The van der Waals surface area contributed by atoms with Crippen LogP contribution in [0.1, 0.15) is 38.7 Å². The molecule has 0 amide bonds. The van der Waals surface area contributed by atoms with Crippen LogP contribution in [0.3, 0.4) is 0 Å². The lowest BCUT2D eigenvalue weighted by atomic mass is 9.88. The Labute approximate surface area is 105 Å². The summed E-state index contributed by atoms with van der Waals surface area (Å²) >= 11 is 0. The fraction of sp³-hybridized carbons (Fsp3) is 0.600. The van der Waals surface area contributed by atoms with Gasteiger partial charge in [0.15, 0.2) is 0 Å². The van der Waals surface area contributed by atoms with E-state index < -0.39 is 0 Å². The molecule has 2 atom stereocenters. The molecule has 0 fully saturated rings. The van der Waals surface area contributed by atoms with Crippen LogP contribution in [0, 0.1) is 5.92 Å². The molecule has 0 aromatic heterocycles. The summed E-state index contributed by atoms with van der Waals surface area (Å²) in [4.78, 5) is 0. The summed E-state index contributed by atoms with van der Waals surface area (Å²) in [6, 6.07) is 8.31. The van der Waals surface area contributed by atoms with Crippen molar-refractivity contribution in [2.45, 2.75) is 33.1 Å². The van der Waals surface area contributed by atoms with Crippen LogP contribution in [0.5, 0.6) is 5.75 Å². The SMILES string of the molecule is CCCNCC(C)C(C)c1ccccc1OC. The first-order valence-corrected chi connectivity index (χ1v) is 6.54. The van der Waals surface area contributed by atoms with E-state index in [0.29, 0.717) is 11.8 Å². The molecule has 96 valence electrons. The van der Waals surface area contributed by atoms with Crippen LogP contribution in [0.25, 0.3) is 0 Å². The van der Waals surface area contributed by atoms with E-state index in [1.807, 2.05) is 12.1 Å². The molecule has 1 aromatic carbocycles. The van der Waals surface area contributed by atoms with Crippen molar-refractivity contribution in [2.75, 3.05) is 20.2 Å². The second-order valence-corrected chi connectivity index (χ2v) is 4.71. The lowest BCUT2D eigenvalue weighted by Gasteiger charge is -2.22. The molecule has 0 aliphatic rings. The highest BCUT2D eigenvalue weighted by Gasteiger charge is 2.17. The number of hydrogen-bond donors (Lipinski definition) is 1. The summed E-state index contributed by atoms with van der Waals surface area (Å²) in [6.07, 6.45) is 1.19. The van der Waals surface area contributed by atoms with Crippen molar-refractivity contribution in [2.24, 2.45) is 5.92 Å². The zero-order valence-corrected chi connectivity index (χ0v) is 11.5. The number of nitrogens with one attached hydrogen (secondary N) is 1. The van der Waals surface area contributed by atoms with Crippen LogP contribution in [0.2, 0.25) is 0 Å². The normalized spacial score (nSPS) is 14.4. The first-order valence-electron chi connectivity index (χ1n) is 6.54. The van der Waals surface area contributed by atoms with Gasteiger partial charge >= 0.3 is 0 Å². The van der Waals surface area contributed by atoms with Gasteiger partial charge in [-0.1, -0.05) is 39.0 Å². The summed E-state index contributed by atoms with van der Waals surface area (Å²) < 4.78 is 5.42. The third kappa shape index (κ3) is 4.04. The topological polar surface area (TPSA) is 21.3 Å². The number of para-hydroxylation sites is 1. The highest BCUT2D eigenvalue weighted by Crippen LogP contribution is 2.31. The van der Waals surface area contributed by atoms with E-state index in [2.05, 4.69) is 38.2 Å². The molecular weight excluding hydrogens is 210 g/mol. The van der Waals surface area contributed by atoms with Crippen molar-refractivity contribution in [1.82, 2.24) is 5.32 Å². The van der Waals surface area contributed by atoms with Crippen molar-refractivity contribution in [1.29, 1.82) is 0 Å². The Bertz CT molecular complexity index is 324. The summed E-state index contributed by atoms with van der Waals surface area (Å²) in [5.41, 5.74) is 1.31. The van der Waals surface area contributed by atoms with Gasteiger partial charge in [0.25, 0.3) is 0 Å². The van der Waals surface area contributed by atoms with Crippen LogP contribution in [0.15, 0.2) is 24.3 Å². The first-order chi connectivity index (χ1) is 8.20. The molecule has 0 aliphatic carbocycles. The summed E-state index contributed by atoms with van der Waals surface area (Å²) in [5.74, 6) is 2.12. The molecular formula is C15H25NO. The van der Waals surface area contributed by atoms with Gasteiger partial charge in [0, 0.05) is 0 Å². The van der Waals surface area contributed by atoms with E-state index in [0.717, 1.165) is 18.8 Å². The standard InChI is InChI=1S/C15H25NO/c1-5-10-16-11-12(2)13(3)14-8-6-7-9-15(14)17-4/h6-9,12-13,16H,5,10-11H2,1-4H3. The highest BCUT2D eigenvalue weighted by molar-refractivity contribution is 5.36. The number of benzene rings is 1. The molecule has 1 aromatic rings. The van der Waals surface area contributed by atoms with Gasteiger partial charge < -0.3 is 10.1 Å². The monoisotopic (exact) mass is 235 g/mol. The molecule has 0 bridgehead atoms. The highest BCUT2D eigenvalue weighted by atomic mass is 16.5. The number of ether oxygens (including phenoxy) is 1. The van der Waals surface area contributed by atoms with E-state index >= 15 is 0 Å². The number of methoxy groups -OCH3 is 1. The summed E-state index contributed by atoms with van der Waals surface area (Å²) in [5, 5.41) is 3.48. The maximum atomic E-state index is 5.42. The van der Waals surface area contributed by atoms with Crippen molar-refractivity contribution >= 4 is 0 Å². The maximum absolute atomic E-state index is 5.42. The molecule has 1 N–H and O–H groups in total. The summed E-state index contributed by atoms with van der Waals surface area (Å²) in [6.45, 7) is 8.92. The van der Waals surface area contributed by atoms with Crippen LogP contribution in [-0.2, 0) is 0 Å². The Morgan fingerprint density at radius 3 is 2.59 bits per heavy atom. The van der Waals surface area contributed by atoms with Gasteiger partial charge in [-0.05, 0) is 43.0 Å². The third-order valence-electron chi connectivity index (χ3n) is 3.38. The third-order valence-corrected chi connectivity index (χ3v) is 3.38. The molecule has 0 saturated carbocycles. The predicted molar refractivity (Wildman–Crippen MR) is 73.7 cm³/mol. The molecule has 0 radical (unpaired) electrons. The molecule has 2 unspecified atom stereocenters. The zero-order valence-electron chi connectivity index (χ0n) is 11.5. The Morgan fingerprint density at radius 2 is 1.94 bits per heavy atom. The Kier molecular flexibility index (Phi) is 6.06. The van der Waals surface area contributed by atoms with Crippen LogP contribution < -0.4 is 10.1 Å². The quantitative estimate of drug-likeness (QED) is 0.731. The van der Waals surface area contributed by atoms with E-state index in [1.54, 1.807) is 7.11 Å². The Hall–Kier alpha value is -1.02. The van der Waals surface area contributed by atoms with Crippen LogP contribution >= 0.6 is 0 Å². The molecule has 1 rings (SSSR count). The molecule has 2 nitrogen and oxygen atoms in total. The van der Waals surface area contributed by atoms with Crippen molar-refractivity contribution in [3.05, 3.63) is 29.8 Å². The minimum Gasteiger partial charge on any atom is -0.496 e. The molecule has 17 heavy (non-hydrogen) atoms. The maximum Gasteiger partial charge on any atom is 0.122 e. The molecule has 0 spiro atoms. The van der Waals surface area contributed by atoms with Crippen molar-refractivity contribution in [3.63, 3.8) is 0 Å². The largest absolute Gasteiger partial charge is 0.496 e. The van der Waals surface area contributed by atoms with Gasteiger partial charge in [0.05, 0.1) is 7.11 Å². The fourth-order valence-electron chi connectivity index (χ4n) is 2.03. The minimum atomic E-state index is 0.510. The van der Waals surface area contributed by atoms with Gasteiger partial charge in [-0.2, -0.15) is 0 Å². The average molecular weight is 235 g/mol. The van der Waals surface area contributed by atoms with Gasteiger partial charge in [-0.15, -0.1) is 0 Å². The number of rotatable bonds is 7. The number of hydrogen-bond acceptors (Lipinski definition) is 2. The first kappa shape index (κ1) is 14.0. The second kappa shape index (κ2) is 7.33. The van der Waals surface area contributed by atoms with Gasteiger partial charge in [0.2, 0.25) is 0 Å². The van der Waals surface area contributed by atoms with E-state index in [1.165, 1.54) is 12.0 Å². The van der Waals surface area contributed by atoms with Crippen LogP contribution in [-0.4, -0.2) is 20.2 Å². The fourth-order valence-corrected chi connectivity index (χ4v) is 2.03. The smallest absolute Gasteiger partial charge is 0.122 e. The average Bonchev–Trinajstić information content (AvgIpc) is 2.38. The second-order valence-electron chi connectivity index (χ2n) is 4.71. The minimum absolute atomic E-state index is 0.510. The van der Waals surface area contributed by atoms with E-state index in [4.69, 9.17) is 4.74 Å². The van der Waals surface area contributed by atoms with E-state index in [9.17, 15) is 0 Å². The molecule has 0 aliphatic heterocycles. The van der Waals surface area contributed by atoms with Crippen molar-refractivity contribution < 1.29 is 4.74 Å². The lowest BCUT2D eigenvalue weighted by molar-refractivity contribution is 0.389. The zero-order chi connectivity index (χ0) is 12.7. The van der Waals surface area contributed by atoms with Gasteiger partial charge in [-0.25, -0.2) is 0 Å². The van der Waals surface area contributed by atoms with Crippen molar-refractivity contribution in [3.8, 4) is 5.75 Å². The van der Waals surface area contributed by atoms with Gasteiger partial charge in [0.1, 0.15) is 5.75 Å². The van der Waals surface area contributed by atoms with Gasteiger partial charge in [-0.3, -0.25) is 0 Å². The van der Waals surface area contributed by atoms with E-state index in [-0.39, 0.29) is 0 Å². The summed E-state index contributed by atoms with van der Waals surface area (Å²) in [7, 11) is 1.74. The molecule has 2 heteroatoms. The Morgan fingerprint density at radius 1 is 1.24 bits per heavy atom. The van der Waals surface area contributed by atoms with Crippen LogP contribution in [0.4, 0.5) is 0 Å². The Balaban J connectivity index is 2.64. The molecule has 0 heterocycles. The lowest BCUT2D eigenvalue weighted by Crippen LogP contribution is -2.25. The predicted octanol–water partition coefficient (Wildman–Crippen LogP) is 3.43. The molecule has 0 saturated heterocycles.